The zero-order valence-corrected chi connectivity index (χ0v) is 14.8. The van der Waals surface area contributed by atoms with Crippen LogP contribution in [0.4, 0.5) is 0 Å². The van der Waals surface area contributed by atoms with E-state index < -0.39 is 6.10 Å². The van der Waals surface area contributed by atoms with Gasteiger partial charge in [0.25, 0.3) is 5.56 Å². The van der Waals surface area contributed by atoms with E-state index in [1.54, 1.807) is 11.8 Å². The minimum absolute atomic E-state index is 0.0755. The van der Waals surface area contributed by atoms with Gasteiger partial charge in [0.1, 0.15) is 11.9 Å². The Morgan fingerprint density at radius 2 is 2.24 bits per heavy atom. The molecule has 0 aliphatic carbocycles. The predicted molar refractivity (Wildman–Crippen MR) is 91.1 cm³/mol. The van der Waals surface area contributed by atoms with Crippen LogP contribution in [0.3, 0.4) is 0 Å². The number of morpholine rings is 1. The zero-order valence-electron chi connectivity index (χ0n) is 14.8. The fourth-order valence-electron chi connectivity index (χ4n) is 2.99. The van der Waals surface area contributed by atoms with Gasteiger partial charge >= 0.3 is 0 Å². The van der Waals surface area contributed by atoms with E-state index in [4.69, 9.17) is 4.74 Å². The number of amides is 1. The number of H-pyrrole nitrogens is 1. The Morgan fingerprint density at radius 1 is 1.44 bits per heavy atom. The maximum Gasteiger partial charge on any atom is 0.251 e. The Labute approximate surface area is 145 Å². The van der Waals surface area contributed by atoms with E-state index in [0.29, 0.717) is 44.1 Å². The van der Waals surface area contributed by atoms with Crippen molar-refractivity contribution in [3.05, 3.63) is 45.4 Å². The van der Waals surface area contributed by atoms with Crippen LogP contribution in [0.15, 0.2) is 17.1 Å². The Morgan fingerprint density at radius 3 is 2.92 bits per heavy atom. The quantitative estimate of drug-likeness (QED) is 0.878. The van der Waals surface area contributed by atoms with E-state index in [0.717, 1.165) is 11.3 Å². The lowest BCUT2D eigenvalue weighted by Gasteiger charge is -2.32. The number of nitrogens with zero attached hydrogens (tertiary/aromatic N) is 4. The van der Waals surface area contributed by atoms with Crippen molar-refractivity contribution in [3.8, 4) is 0 Å². The molecular formula is C17H23N5O3. The van der Waals surface area contributed by atoms with E-state index in [1.807, 2.05) is 24.9 Å². The van der Waals surface area contributed by atoms with Gasteiger partial charge in [0, 0.05) is 37.5 Å². The zero-order chi connectivity index (χ0) is 18.0. The van der Waals surface area contributed by atoms with Crippen LogP contribution in [0, 0.1) is 13.8 Å². The maximum absolute atomic E-state index is 12.6. The van der Waals surface area contributed by atoms with Crippen LogP contribution in [0.2, 0.25) is 0 Å². The van der Waals surface area contributed by atoms with Gasteiger partial charge in [-0.15, -0.1) is 0 Å². The molecule has 8 nitrogen and oxygen atoms in total. The van der Waals surface area contributed by atoms with Crippen molar-refractivity contribution in [2.75, 3.05) is 19.7 Å². The van der Waals surface area contributed by atoms with Gasteiger partial charge in [0.05, 0.1) is 19.3 Å². The number of hydrogen-bond acceptors (Lipinski definition) is 5. The van der Waals surface area contributed by atoms with Crippen molar-refractivity contribution in [2.24, 2.45) is 7.05 Å². The molecule has 2 aromatic rings. The number of nitrogens with one attached hydrogen (secondary N) is 1. The fourth-order valence-corrected chi connectivity index (χ4v) is 2.99. The molecule has 0 radical (unpaired) electrons. The van der Waals surface area contributed by atoms with E-state index in [2.05, 4.69) is 15.1 Å². The molecule has 8 heteroatoms. The number of aromatic amines is 1. The Bertz CT molecular complexity index is 826. The standard InChI is InChI=1S/C17H23N5O3/c1-11-8-15(23)20-17(19-11)14-10-22(6-7-25-14)16(24)5-4-13-9-18-21(3)12(13)2/h8-9,14H,4-7,10H2,1-3H3,(H,19,20,23)/t14-/m1/s1. The summed E-state index contributed by atoms with van der Waals surface area (Å²) in [4.78, 5) is 33.0. The first-order chi connectivity index (χ1) is 11.9. The summed E-state index contributed by atoms with van der Waals surface area (Å²) in [7, 11) is 1.89. The van der Waals surface area contributed by atoms with Crippen LogP contribution in [0.25, 0.3) is 0 Å². The van der Waals surface area contributed by atoms with Gasteiger partial charge in [-0.2, -0.15) is 5.10 Å². The van der Waals surface area contributed by atoms with Gasteiger partial charge in [0.15, 0.2) is 0 Å². The molecule has 0 spiro atoms. The van der Waals surface area contributed by atoms with Gasteiger partial charge in [-0.05, 0) is 25.8 Å². The van der Waals surface area contributed by atoms with Crippen LogP contribution in [0.5, 0.6) is 0 Å². The number of ether oxygens (including phenoxy) is 1. The van der Waals surface area contributed by atoms with Crippen molar-refractivity contribution in [1.82, 2.24) is 24.6 Å². The lowest BCUT2D eigenvalue weighted by Crippen LogP contribution is -2.43. The van der Waals surface area contributed by atoms with E-state index in [9.17, 15) is 9.59 Å². The van der Waals surface area contributed by atoms with E-state index in [1.165, 1.54) is 6.07 Å². The van der Waals surface area contributed by atoms with E-state index >= 15 is 0 Å². The Hall–Kier alpha value is -2.48. The molecule has 1 aliphatic rings. The highest BCUT2D eigenvalue weighted by Crippen LogP contribution is 2.19. The minimum Gasteiger partial charge on any atom is -0.367 e. The largest absolute Gasteiger partial charge is 0.367 e. The summed E-state index contributed by atoms with van der Waals surface area (Å²) in [6, 6.07) is 1.44. The number of aromatic nitrogens is 4. The molecule has 1 N–H and O–H groups in total. The molecule has 2 aromatic heterocycles. The smallest absolute Gasteiger partial charge is 0.251 e. The van der Waals surface area contributed by atoms with Crippen LogP contribution < -0.4 is 5.56 Å². The number of carbonyl (C=O) groups excluding carboxylic acids is 1. The SMILES string of the molecule is Cc1cc(=O)[nH]c([C@H]2CN(C(=O)CCc3cnn(C)c3C)CCO2)n1. The molecule has 0 saturated carbocycles. The van der Waals surface area contributed by atoms with Gasteiger partial charge in [-0.3, -0.25) is 14.3 Å². The number of carbonyl (C=O) groups is 1. The highest BCUT2D eigenvalue weighted by molar-refractivity contribution is 5.76. The van der Waals surface area contributed by atoms with Crippen molar-refractivity contribution in [1.29, 1.82) is 0 Å². The van der Waals surface area contributed by atoms with Crippen LogP contribution >= 0.6 is 0 Å². The molecule has 0 bridgehead atoms. The van der Waals surface area contributed by atoms with Crippen molar-refractivity contribution < 1.29 is 9.53 Å². The Kier molecular flexibility index (Phi) is 4.98. The summed E-state index contributed by atoms with van der Waals surface area (Å²) in [6.07, 6.45) is 2.51. The highest BCUT2D eigenvalue weighted by Gasteiger charge is 2.27. The third-order valence-electron chi connectivity index (χ3n) is 4.56. The second-order valence-corrected chi connectivity index (χ2v) is 6.35. The van der Waals surface area contributed by atoms with Gasteiger partial charge < -0.3 is 14.6 Å². The first-order valence-corrected chi connectivity index (χ1v) is 8.38. The summed E-state index contributed by atoms with van der Waals surface area (Å²) in [5.74, 6) is 0.553. The average molecular weight is 345 g/mol. The summed E-state index contributed by atoms with van der Waals surface area (Å²) in [6.45, 7) is 5.15. The first kappa shape index (κ1) is 17.3. The number of hydrogen-bond donors (Lipinski definition) is 1. The molecule has 3 rings (SSSR count). The monoisotopic (exact) mass is 345 g/mol. The summed E-state index contributed by atoms with van der Waals surface area (Å²) in [5, 5.41) is 4.20. The average Bonchev–Trinajstić information content (AvgIpc) is 2.91. The molecular weight excluding hydrogens is 322 g/mol. The molecule has 0 aromatic carbocycles. The van der Waals surface area contributed by atoms with Crippen molar-refractivity contribution in [3.63, 3.8) is 0 Å². The second kappa shape index (κ2) is 7.18. The third-order valence-corrected chi connectivity index (χ3v) is 4.56. The molecule has 134 valence electrons. The summed E-state index contributed by atoms with van der Waals surface area (Å²) < 4.78 is 7.51. The Balaban J connectivity index is 1.63. The molecule has 3 heterocycles. The topological polar surface area (TPSA) is 93.1 Å². The van der Waals surface area contributed by atoms with E-state index in [-0.39, 0.29) is 11.5 Å². The van der Waals surface area contributed by atoms with Gasteiger partial charge in [0.2, 0.25) is 5.91 Å². The summed E-state index contributed by atoms with van der Waals surface area (Å²) >= 11 is 0. The number of aryl methyl sites for hydroxylation is 3. The lowest BCUT2D eigenvalue weighted by atomic mass is 10.1. The normalized spacial score (nSPS) is 17.7. The lowest BCUT2D eigenvalue weighted by molar-refractivity contribution is -0.139. The van der Waals surface area contributed by atoms with Crippen LogP contribution in [-0.2, 0) is 23.0 Å². The van der Waals surface area contributed by atoms with Gasteiger partial charge in [-0.25, -0.2) is 4.98 Å². The highest BCUT2D eigenvalue weighted by atomic mass is 16.5. The molecule has 25 heavy (non-hydrogen) atoms. The third kappa shape index (κ3) is 3.96. The molecule has 0 unspecified atom stereocenters. The molecule has 1 amide bonds. The fraction of sp³-hybridized carbons (Fsp3) is 0.529. The summed E-state index contributed by atoms with van der Waals surface area (Å²) in [5.41, 5.74) is 2.60. The van der Waals surface area contributed by atoms with Crippen LogP contribution in [-0.4, -0.2) is 50.3 Å². The first-order valence-electron chi connectivity index (χ1n) is 8.38. The second-order valence-electron chi connectivity index (χ2n) is 6.35. The van der Waals surface area contributed by atoms with Crippen molar-refractivity contribution in [2.45, 2.75) is 32.8 Å². The molecule has 1 saturated heterocycles. The predicted octanol–water partition coefficient (Wildman–Crippen LogP) is 0.653. The molecule has 1 aliphatic heterocycles. The maximum atomic E-state index is 12.6. The van der Waals surface area contributed by atoms with Crippen molar-refractivity contribution >= 4 is 5.91 Å². The minimum atomic E-state index is -0.398. The molecule has 1 atom stereocenters. The number of rotatable bonds is 4. The van der Waals surface area contributed by atoms with Crippen LogP contribution in [0.1, 0.15) is 35.3 Å². The molecule has 1 fully saturated rings. The van der Waals surface area contributed by atoms with Gasteiger partial charge in [-0.1, -0.05) is 0 Å².